The number of rotatable bonds is 5. The largest absolute Gasteiger partial charge is 0.364 e. The molecule has 0 radical (unpaired) electrons. The molecule has 1 saturated heterocycles. The number of aliphatic imine (C=N–C) groups is 1. The molecule has 0 spiro atoms. The van der Waals surface area contributed by atoms with Gasteiger partial charge in [0.1, 0.15) is 12.0 Å². The maximum absolute atomic E-state index is 12.4. The molecule has 2 rings (SSSR count). The average Bonchev–Trinajstić information content (AvgIpc) is 3.00. The van der Waals surface area contributed by atoms with Crippen LogP contribution >= 0.6 is 35.6 Å². The number of nitrogens with zero attached hydrogens (tertiary/aromatic N) is 4. The monoisotopic (exact) mass is 489 g/mol. The molecule has 0 unspecified atom stereocenters. The zero-order valence-corrected chi connectivity index (χ0v) is 17.2. The van der Waals surface area contributed by atoms with Gasteiger partial charge in [0.05, 0.1) is 12.2 Å². The Bertz CT molecular complexity index is 657. The van der Waals surface area contributed by atoms with Crippen LogP contribution in [0.1, 0.15) is 5.69 Å². The summed E-state index contributed by atoms with van der Waals surface area (Å²) in [7, 11) is -1.73. The summed E-state index contributed by atoms with van der Waals surface area (Å²) in [5.74, 6) is 0.531. The van der Waals surface area contributed by atoms with E-state index >= 15 is 0 Å². The molecule has 0 saturated carbocycles. The Balaban J connectivity index is 0.00000288. The molecule has 136 valence electrons. The van der Waals surface area contributed by atoms with Crippen LogP contribution in [-0.2, 0) is 15.8 Å². The second-order valence-corrected chi connectivity index (χ2v) is 7.55. The summed E-state index contributed by atoms with van der Waals surface area (Å²) < 4.78 is 30.9. The van der Waals surface area contributed by atoms with Crippen molar-refractivity contribution in [3.8, 4) is 0 Å². The van der Waals surface area contributed by atoms with Crippen molar-refractivity contribution in [2.45, 2.75) is 5.75 Å². The van der Waals surface area contributed by atoms with Gasteiger partial charge in [0.25, 0.3) is 0 Å². The topological polar surface area (TPSA) is 91.0 Å². The lowest BCUT2D eigenvalue weighted by Crippen LogP contribution is -2.54. The summed E-state index contributed by atoms with van der Waals surface area (Å²) in [6.07, 6.45) is 1.36. The van der Waals surface area contributed by atoms with Crippen LogP contribution in [-0.4, -0.2) is 68.5 Å². The molecule has 24 heavy (non-hydrogen) atoms. The molecule has 1 aliphatic heterocycles. The van der Waals surface area contributed by atoms with Gasteiger partial charge in [-0.05, 0) is 0 Å². The number of guanidine groups is 1. The van der Waals surface area contributed by atoms with Gasteiger partial charge in [-0.2, -0.15) is 4.31 Å². The number of halogens is 2. The van der Waals surface area contributed by atoms with E-state index in [4.69, 9.17) is 11.6 Å². The van der Waals surface area contributed by atoms with Crippen molar-refractivity contribution >= 4 is 51.6 Å². The molecule has 1 aromatic heterocycles. The molecule has 0 atom stereocenters. The first-order valence-corrected chi connectivity index (χ1v) is 9.07. The van der Waals surface area contributed by atoms with E-state index in [1.165, 1.54) is 10.6 Å². The number of hydrogen-bond acceptors (Lipinski definition) is 5. The van der Waals surface area contributed by atoms with Crippen LogP contribution in [0.25, 0.3) is 0 Å². The summed E-state index contributed by atoms with van der Waals surface area (Å²) in [6, 6.07) is 1.55. The van der Waals surface area contributed by atoms with Gasteiger partial charge in [0, 0.05) is 44.3 Å². The maximum Gasteiger partial charge on any atom is 0.220 e. The fourth-order valence-electron chi connectivity index (χ4n) is 2.28. The molecule has 1 aliphatic rings. The van der Waals surface area contributed by atoms with Gasteiger partial charge in [-0.1, -0.05) is 23.3 Å². The second kappa shape index (κ2) is 9.59. The van der Waals surface area contributed by atoms with Gasteiger partial charge in [-0.15, -0.1) is 24.0 Å². The normalized spacial score (nSPS) is 16.6. The Hall–Kier alpha value is -0.850. The van der Waals surface area contributed by atoms with Gasteiger partial charge in [-0.3, -0.25) is 4.99 Å². The molecule has 8 nitrogen and oxygen atoms in total. The number of nitrogens with one attached hydrogen (secondary N) is 1. The highest BCUT2D eigenvalue weighted by atomic mass is 127. The Morgan fingerprint density at radius 2 is 2.12 bits per heavy atom. The van der Waals surface area contributed by atoms with E-state index < -0.39 is 10.0 Å². The first-order valence-electron chi connectivity index (χ1n) is 7.08. The molecular formula is C13H21ClIN5O3S. The van der Waals surface area contributed by atoms with Crippen LogP contribution in [0.5, 0.6) is 0 Å². The fraction of sp³-hybridized carbons (Fsp3) is 0.538. The predicted octanol–water partition coefficient (Wildman–Crippen LogP) is 1.07. The van der Waals surface area contributed by atoms with Gasteiger partial charge in [0.2, 0.25) is 10.0 Å². The third-order valence-corrected chi connectivity index (χ3v) is 5.35. The van der Waals surface area contributed by atoms with Crippen molar-refractivity contribution in [1.29, 1.82) is 0 Å². The van der Waals surface area contributed by atoms with Crippen molar-refractivity contribution in [2.24, 2.45) is 4.99 Å². The Morgan fingerprint density at radius 1 is 1.46 bits per heavy atom. The van der Waals surface area contributed by atoms with Gasteiger partial charge >= 0.3 is 0 Å². The molecule has 1 fully saturated rings. The van der Waals surface area contributed by atoms with Crippen molar-refractivity contribution < 1.29 is 12.9 Å². The minimum atomic E-state index is -3.40. The van der Waals surface area contributed by atoms with Crippen LogP contribution in [0.2, 0.25) is 0 Å². The molecule has 2 heterocycles. The van der Waals surface area contributed by atoms with Crippen LogP contribution in [0.15, 0.2) is 33.5 Å². The maximum atomic E-state index is 12.4. The van der Waals surface area contributed by atoms with Crippen LogP contribution in [0.4, 0.5) is 0 Å². The number of hydrogen-bond donors (Lipinski definition) is 1. The molecule has 0 aliphatic carbocycles. The van der Waals surface area contributed by atoms with Crippen molar-refractivity contribution in [3.05, 3.63) is 29.6 Å². The molecule has 1 aromatic rings. The van der Waals surface area contributed by atoms with Gasteiger partial charge in [0.15, 0.2) is 5.96 Å². The SMILES string of the molecule is C=C(Cl)CNC(=NC)N1CCN(S(=O)(=O)Cc2ccon2)CC1.I. The molecule has 0 amide bonds. The summed E-state index contributed by atoms with van der Waals surface area (Å²) in [5, 5.41) is 7.22. The fourth-order valence-corrected chi connectivity index (χ4v) is 3.77. The van der Waals surface area contributed by atoms with Gasteiger partial charge < -0.3 is 14.7 Å². The highest BCUT2D eigenvalue weighted by Gasteiger charge is 2.28. The van der Waals surface area contributed by atoms with Crippen molar-refractivity contribution in [3.63, 3.8) is 0 Å². The summed E-state index contributed by atoms with van der Waals surface area (Å²) >= 11 is 5.74. The van der Waals surface area contributed by atoms with E-state index in [9.17, 15) is 8.42 Å². The Morgan fingerprint density at radius 3 is 2.62 bits per heavy atom. The zero-order chi connectivity index (χ0) is 16.9. The lowest BCUT2D eigenvalue weighted by Gasteiger charge is -2.35. The standard InChI is InChI=1S/C13H20ClN5O3S.HI/c1-11(14)9-16-13(15-2)18-4-6-19(7-5-18)23(20,21)10-12-3-8-22-17-12;/h3,8H,1,4-7,9-10H2,2H3,(H,15,16);1H. The first-order chi connectivity index (χ1) is 10.9. The lowest BCUT2D eigenvalue weighted by molar-refractivity contribution is 0.260. The summed E-state index contributed by atoms with van der Waals surface area (Å²) in [5.41, 5.74) is 0.408. The molecule has 1 N–H and O–H groups in total. The molecule has 11 heteroatoms. The third-order valence-electron chi connectivity index (χ3n) is 3.40. The smallest absolute Gasteiger partial charge is 0.220 e. The minimum absolute atomic E-state index is 0. The number of piperazine rings is 1. The van der Waals surface area contributed by atoms with Gasteiger partial charge in [-0.25, -0.2) is 8.42 Å². The van der Waals surface area contributed by atoms with E-state index in [1.54, 1.807) is 13.1 Å². The Labute approximate surface area is 164 Å². The lowest BCUT2D eigenvalue weighted by atomic mass is 10.4. The van der Waals surface area contributed by atoms with E-state index in [2.05, 4.69) is 26.6 Å². The Kier molecular flexibility index (Phi) is 8.46. The second-order valence-electron chi connectivity index (χ2n) is 5.05. The quantitative estimate of drug-likeness (QED) is 0.378. The van der Waals surface area contributed by atoms with Crippen LogP contribution < -0.4 is 5.32 Å². The summed E-state index contributed by atoms with van der Waals surface area (Å²) in [4.78, 5) is 6.16. The highest BCUT2D eigenvalue weighted by Crippen LogP contribution is 2.12. The molecular weight excluding hydrogens is 469 g/mol. The average molecular weight is 490 g/mol. The number of sulfonamides is 1. The van der Waals surface area contributed by atoms with Crippen molar-refractivity contribution in [1.82, 2.24) is 19.7 Å². The number of aromatic nitrogens is 1. The third kappa shape index (κ3) is 5.90. The van der Waals surface area contributed by atoms with Crippen molar-refractivity contribution in [2.75, 3.05) is 39.8 Å². The zero-order valence-electron chi connectivity index (χ0n) is 13.3. The van der Waals surface area contributed by atoms with Crippen LogP contribution in [0.3, 0.4) is 0 Å². The summed E-state index contributed by atoms with van der Waals surface area (Å²) in [6.45, 7) is 5.91. The van der Waals surface area contributed by atoms with E-state index in [0.29, 0.717) is 49.4 Å². The molecule has 0 aromatic carbocycles. The minimum Gasteiger partial charge on any atom is -0.364 e. The van der Waals surface area contributed by atoms with E-state index in [-0.39, 0.29) is 29.7 Å². The predicted molar refractivity (Wildman–Crippen MR) is 104 cm³/mol. The molecule has 0 bridgehead atoms. The van der Waals surface area contributed by atoms with E-state index in [0.717, 1.165) is 0 Å². The first kappa shape index (κ1) is 21.2. The van der Waals surface area contributed by atoms with Crippen LogP contribution in [0, 0.1) is 0 Å². The van der Waals surface area contributed by atoms with E-state index in [1.807, 2.05) is 4.90 Å². The highest BCUT2D eigenvalue weighted by molar-refractivity contribution is 14.0.